The van der Waals surface area contributed by atoms with E-state index in [-0.39, 0.29) is 28.1 Å². The summed E-state index contributed by atoms with van der Waals surface area (Å²) in [6.45, 7) is 3.32. The van der Waals surface area contributed by atoms with Crippen molar-refractivity contribution >= 4 is 21.8 Å². The first-order chi connectivity index (χ1) is 17.4. The Kier molecular flexibility index (Phi) is 5.44. The van der Waals surface area contributed by atoms with Crippen LogP contribution in [0.2, 0.25) is 0 Å². The molecule has 0 radical (unpaired) electrons. The van der Waals surface area contributed by atoms with E-state index in [0.717, 1.165) is 24.3 Å². The van der Waals surface area contributed by atoms with Crippen LogP contribution in [-0.4, -0.2) is 19.5 Å². The molecule has 186 valence electrons. The van der Waals surface area contributed by atoms with Gasteiger partial charge in [-0.05, 0) is 56.3 Å². The van der Waals surface area contributed by atoms with Crippen LogP contribution >= 0.6 is 0 Å². The lowest BCUT2D eigenvalue weighted by atomic mass is 10.1. The Labute approximate surface area is 205 Å². The molecular formula is C26H15F6N5. The van der Waals surface area contributed by atoms with Gasteiger partial charge < -0.3 is 4.57 Å². The molecule has 2 aromatic heterocycles. The maximum absolute atomic E-state index is 13.6. The molecule has 0 fully saturated rings. The highest BCUT2D eigenvalue weighted by Gasteiger charge is 2.33. The van der Waals surface area contributed by atoms with Crippen molar-refractivity contribution in [3.63, 3.8) is 0 Å². The van der Waals surface area contributed by atoms with Gasteiger partial charge in [0.05, 0.1) is 33.4 Å². The van der Waals surface area contributed by atoms with E-state index in [1.807, 2.05) is 6.07 Å². The molecule has 0 spiro atoms. The summed E-state index contributed by atoms with van der Waals surface area (Å²) in [6, 6.07) is 12.4. The number of aromatic nitrogens is 4. The van der Waals surface area contributed by atoms with Gasteiger partial charge in [-0.2, -0.15) is 31.6 Å². The number of nitriles is 1. The van der Waals surface area contributed by atoms with Crippen LogP contribution in [0.25, 0.3) is 38.9 Å². The molecule has 5 rings (SSSR count). The van der Waals surface area contributed by atoms with E-state index in [2.05, 4.69) is 15.0 Å². The van der Waals surface area contributed by atoms with Crippen molar-refractivity contribution in [3.8, 4) is 23.1 Å². The third kappa shape index (κ3) is 4.24. The van der Waals surface area contributed by atoms with Gasteiger partial charge in [-0.3, -0.25) is 0 Å². The zero-order valence-electron chi connectivity index (χ0n) is 19.2. The zero-order valence-corrected chi connectivity index (χ0v) is 19.2. The van der Waals surface area contributed by atoms with E-state index >= 15 is 0 Å². The molecule has 0 aliphatic carbocycles. The quantitative estimate of drug-likeness (QED) is 0.236. The van der Waals surface area contributed by atoms with Crippen LogP contribution in [0, 0.1) is 25.2 Å². The van der Waals surface area contributed by atoms with E-state index < -0.39 is 23.5 Å². The fraction of sp³-hybridized carbons (Fsp3) is 0.154. The molecule has 0 aliphatic rings. The van der Waals surface area contributed by atoms with E-state index in [1.165, 1.54) is 28.8 Å². The van der Waals surface area contributed by atoms with Gasteiger partial charge in [0.2, 0.25) is 0 Å². The minimum Gasteiger partial charge on any atom is -0.308 e. The average molecular weight is 511 g/mol. The smallest absolute Gasteiger partial charge is 0.308 e. The monoisotopic (exact) mass is 511 g/mol. The lowest BCUT2D eigenvalue weighted by molar-refractivity contribution is -0.138. The Morgan fingerprint density at radius 2 is 1.22 bits per heavy atom. The molecule has 0 saturated heterocycles. The highest BCUT2D eigenvalue weighted by molar-refractivity contribution is 6.10. The van der Waals surface area contributed by atoms with Crippen LogP contribution in [0.15, 0.2) is 54.6 Å². The fourth-order valence-corrected chi connectivity index (χ4v) is 4.33. The molecular weight excluding hydrogens is 496 g/mol. The highest BCUT2D eigenvalue weighted by Crippen LogP contribution is 2.40. The molecule has 0 N–H and O–H groups in total. The molecule has 5 nitrogen and oxygen atoms in total. The van der Waals surface area contributed by atoms with Crippen molar-refractivity contribution < 1.29 is 26.3 Å². The van der Waals surface area contributed by atoms with Crippen LogP contribution in [0.5, 0.6) is 0 Å². The molecule has 0 saturated carbocycles. The van der Waals surface area contributed by atoms with Gasteiger partial charge in [0, 0.05) is 16.3 Å². The Bertz CT molecular complexity index is 1650. The summed E-state index contributed by atoms with van der Waals surface area (Å²) < 4.78 is 82.8. The summed E-state index contributed by atoms with van der Waals surface area (Å²) in [6.07, 6.45) is -9.38. The number of hydrogen-bond acceptors (Lipinski definition) is 4. The molecule has 0 amide bonds. The van der Waals surface area contributed by atoms with Gasteiger partial charge in [-0.15, -0.1) is 0 Å². The van der Waals surface area contributed by atoms with Crippen LogP contribution in [0.1, 0.15) is 28.3 Å². The SMILES string of the molecule is Cc1nc(C)nc(-c2ccc(C#N)c(-n3c4cc(C(F)(F)F)ccc4c4ccc(C(F)(F)F)cc43)c2)n1. The third-order valence-electron chi connectivity index (χ3n) is 5.90. The maximum Gasteiger partial charge on any atom is 0.416 e. The molecule has 0 aliphatic heterocycles. The first-order valence-electron chi connectivity index (χ1n) is 10.8. The number of benzene rings is 3. The average Bonchev–Trinajstić information content (AvgIpc) is 3.15. The Hall–Kier alpha value is -4.46. The first-order valence-corrected chi connectivity index (χ1v) is 10.8. The Morgan fingerprint density at radius 3 is 1.68 bits per heavy atom. The molecule has 11 heteroatoms. The third-order valence-corrected chi connectivity index (χ3v) is 5.90. The molecule has 5 aromatic rings. The Morgan fingerprint density at radius 1 is 0.703 bits per heavy atom. The molecule has 37 heavy (non-hydrogen) atoms. The van der Waals surface area contributed by atoms with E-state index in [1.54, 1.807) is 19.9 Å². The molecule has 0 unspecified atom stereocenters. The van der Waals surface area contributed by atoms with Crippen molar-refractivity contribution in [2.45, 2.75) is 26.2 Å². The van der Waals surface area contributed by atoms with E-state index in [9.17, 15) is 31.6 Å². The summed E-state index contributed by atoms with van der Waals surface area (Å²) in [5, 5.41) is 10.4. The standard InChI is InChI=1S/C26H15F6N5/c1-13-34-14(2)36-24(35-13)15-3-4-16(12-33)21(9-15)37-22-10-17(25(27,28)29)5-7-19(22)20-8-6-18(11-23(20)37)26(30,31)32/h3-11H,1-2H3. The van der Waals surface area contributed by atoms with Crippen LogP contribution in [0.4, 0.5) is 26.3 Å². The second-order valence-electron chi connectivity index (χ2n) is 8.39. The largest absolute Gasteiger partial charge is 0.416 e. The van der Waals surface area contributed by atoms with Crippen molar-refractivity contribution in [2.24, 2.45) is 0 Å². The number of alkyl halides is 6. The zero-order chi connectivity index (χ0) is 26.7. The van der Waals surface area contributed by atoms with Gasteiger partial charge >= 0.3 is 12.4 Å². The topological polar surface area (TPSA) is 67.4 Å². The van der Waals surface area contributed by atoms with Gasteiger partial charge in [0.15, 0.2) is 5.82 Å². The number of aryl methyl sites for hydroxylation is 2. The van der Waals surface area contributed by atoms with Crippen molar-refractivity contribution in [3.05, 3.63) is 82.9 Å². The minimum atomic E-state index is -4.69. The lowest BCUT2D eigenvalue weighted by Gasteiger charge is -2.14. The highest BCUT2D eigenvalue weighted by atomic mass is 19.4. The fourth-order valence-electron chi connectivity index (χ4n) is 4.33. The van der Waals surface area contributed by atoms with Crippen LogP contribution in [0.3, 0.4) is 0 Å². The predicted molar refractivity (Wildman–Crippen MR) is 124 cm³/mol. The van der Waals surface area contributed by atoms with Gasteiger partial charge in [0.1, 0.15) is 17.7 Å². The second kappa shape index (κ2) is 8.30. The number of nitrogens with zero attached hydrogens (tertiary/aromatic N) is 5. The normalized spacial score (nSPS) is 12.3. The van der Waals surface area contributed by atoms with Crippen LogP contribution < -0.4 is 0 Å². The number of rotatable bonds is 2. The van der Waals surface area contributed by atoms with Gasteiger partial charge in [-0.1, -0.05) is 12.1 Å². The van der Waals surface area contributed by atoms with Crippen LogP contribution in [-0.2, 0) is 12.4 Å². The summed E-state index contributed by atoms with van der Waals surface area (Å²) >= 11 is 0. The van der Waals surface area contributed by atoms with Crippen molar-refractivity contribution in [1.82, 2.24) is 19.5 Å². The van der Waals surface area contributed by atoms with Gasteiger partial charge in [-0.25, -0.2) is 15.0 Å². The number of hydrogen-bond donors (Lipinski definition) is 0. The maximum atomic E-state index is 13.6. The lowest BCUT2D eigenvalue weighted by Crippen LogP contribution is -2.06. The summed E-state index contributed by atoms with van der Waals surface area (Å²) in [5.41, 5.74) is -1.40. The predicted octanol–water partition coefficient (Wildman–Crippen LogP) is 7.16. The second-order valence-corrected chi connectivity index (χ2v) is 8.39. The summed E-state index contributed by atoms with van der Waals surface area (Å²) in [7, 11) is 0. The first kappa shape index (κ1) is 24.2. The number of halogens is 6. The van der Waals surface area contributed by atoms with E-state index in [4.69, 9.17) is 0 Å². The summed E-state index contributed by atoms with van der Waals surface area (Å²) in [4.78, 5) is 12.7. The molecule has 3 aromatic carbocycles. The Balaban J connectivity index is 1.91. The van der Waals surface area contributed by atoms with E-state index in [0.29, 0.717) is 28.0 Å². The van der Waals surface area contributed by atoms with Crippen molar-refractivity contribution in [2.75, 3.05) is 0 Å². The summed E-state index contributed by atoms with van der Waals surface area (Å²) in [5.74, 6) is 1.10. The minimum absolute atomic E-state index is 0.000748. The molecule has 0 bridgehead atoms. The molecule has 0 atom stereocenters. The number of fused-ring (bicyclic) bond motifs is 3. The van der Waals surface area contributed by atoms with Crippen molar-refractivity contribution in [1.29, 1.82) is 5.26 Å². The van der Waals surface area contributed by atoms with Gasteiger partial charge in [0.25, 0.3) is 0 Å². The molecule has 2 heterocycles.